The van der Waals surface area contributed by atoms with Gasteiger partial charge in [0.1, 0.15) is 0 Å². The molecule has 0 rings (SSSR count). The van der Waals surface area contributed by atoms with Crippen LogP contribution in [0.2, 0.25) is 0 Å². The molecule has 8 heteroatoms. The summed E-state index contributed by atoms with van der Waals surface area (Å²) < 4.78 is 0. The first-order valence-corrected chi connectivity index (χ1v) is 8.00. The number of nitrogens with one attached hydrogen (secondary N) is 2. The van der Waals surface area contributed by atoms with E-state index in [1.165, 1.54) is 4.90 Å². The number of amides is 3. The normalized spacial score (nSPS) is 10.7. The third-order valence-corrected chi connectivity index (χ3v) is 2.84. The Morgan fingerprint density at radius 3 is 2.21 bits per heavy atom. The lowest BCUT2D eigenvalue weighted by atomic mass is 10.2. The van der Waals surface area contributed by atoms with Crippen LogP contribution in [-0.2, 0) is 14.4 Å². The molecule has 0 fully saturated rings. The molecule has 0 saturated heterocycles. The van der Waals surface area contributed by atoms with E-state index in [4.69, 9.17) is 5.73 Å². The Kier molecular flexibility index (Phi) is 15.7. The van der Waals surface area contributed by atoms with Crippen molar-refractivity contribution in [1.29, 1.82) is 0 Å². The summed E-state index contributed by atoms with van der Waals surface area (Å²) in [5.74, 6) is -1.07. The summed E-state index contributed by atoms with van der Waals surface area (Å²) in [5.41, 5.74) is 5.99. The van der Waals surface area contributed by atoms with Gasteiger partial charge in [-0.2, -0.15) is 0 Å². The first-order chi connectivity index (χ1) is 11.4. The molecule has 4 N–H and O–H groups in total. The van der Waals surface area contributed by atoms with Crippen LogP contribution in [0.1, 0.15) is 27.2 Å². The van der Waals surface area contributed by atoms with E-state index in [0.29, 0.717) is 13.0 Å². The SMILES string of the molecule is C/C=C\C(CCN(C)C(=O)CNC(=O)CNC(=O)CN)=NC.CC. The van der Waals surface area contributed by atoms with Crippen molar-refractivity contribution < 1.29 is 14.4 Å². The van der Waals surface area contributed by atoms with Gasteiger partial charge >= 0.3 is 0 Å². The summed E-state index contributed by atoms with van der Waals surface area (Å²) in [5, 5.41) is 4.76. The Balaban J connectivity index is 0. The molecule has 0 spiro atoms. The summed E-state index contributed by atoms with van der Waals surface area (Å²) >= 11 is 0. The molecule has 0 aromatic heterocycles. The number of hydrogen-bond donors (Lipinski definition) is 3. The predicted octanol–water partition coefficient (Wildman–Crippen LogP) is -0.301. The lowest BCUT2D eigenvalue weighted by Gasteiger charge is -2.17. The number of hydrogen-bond acceptors (Lipinski definition) is 5. The standard InChI is InChI=1S/C14H25N5O3.C2H6/c1-4-5-11(16-2)6-7-19(3)14(22)10-18-13(21)9-17-12(20)8-15;1-2/h4-5H,6-10,15H2,1-3H3,(H,17,20)(H,18,21);1-2H3/b5-4-,16-11?;. The second-order valence-electron chi connectivity index (χ2n) is 4.54. The Morgan fingerprint density at radius 2 is 1.71 bits per heavy atom. The highest BCUT2D eigenvalue weighted by molar-refractivity contribution is 5.95. The van der Waals surface area contributed by atoms with E-state index in [1.807, 2.05) is 32.9 Å². The van der Waals surface area contributed by atoms with E-state index in [0.717, 1.165) is 5.71 Å². The van der Waals surface area contributed by atoms with Crippen LogP contribution < -0.4 is 16.4 Å². The molecule has 0 aliphatic heterocycles. The molecule has 8 nitrogen and oxygen atoms in total. The van der Waals surface area contributed by atoms with Gasteiger partial charge in [-0.05, 0) is 13.0 Å². The van der Waals surface area contributed by atoms with Crippen molar-refractivity contribution in [3.05, 3.63) is 12.2 Å². The average molecular weight is 341 g/mol. The zero-order valence-corrected chi connectivity index (χ0v) is 15.4. The predicted molar refractivity (Wildman–Crippen MR) is 96.8 cm³/mol. The van der Waals surface area contributed by atoms with Gasteiger partial charge in [-0.3, -0.25) is 19.4 Å². The Morgan fingerprint density at radius 1 is 1.12 bits per heavy atom. The number of allylic oxidation sites excluding steroid dienone is 2. The first-order valence-electron chi connectivity index (χ1n) is 8.00. The van der Waals surface area contributed by atoms with Gasteiger partial charge in [0, 0.05) is 32.8 Å². The van der Waals surface area contributed by atoms with Crippen molar-refractivity contribution in [2.75, 3.05) is 40.3 Å². The topological polar surface area (TPSA) is 117 Å². The van der Waals surface area contributed by atoms with Crippen LogP contribution in [0.25, 0.3) is 0 Å². The molecule has 0 atom stereocenters. The minimum Gasteiger partial charge on any atom is -0.346 e. The van der Waals surface area contributed by atoms with E-state index in [2.05, 4.69) is 15.6 Å². The monoisotopic (exact) mass is 341 g/mol. The molecule has 0 bridgehead atoms. The van der Waals surface area contributed by atoms with Crippen LogP contribution in [0.5, 0.6) is 0 Å². The number of carbonyl (C=O) groups excluding carboxylic acids is 3. The van der Waals surface area contributed by atoms with Crippen molar-refractivity contribution in [3.63, 3.8) is 0 Å². The molecule has 0 aliphatic carbocycles. The fourth-order valence-corrected chi connectivity index (χ4v) is 1.49. The fourth-order valence-electron chi connectivity index (χ4n) is 1.49. The van der Waals surface area contributed by atoms with Gasteiger partial charge in [0.15, 0.2) is 0 Å². The molecule has 0 radical (unpaired) electrons. The molecule has 0 unspecified atom stereocenters. The van der Waals surface area contributed by atoms with Gasteiger partial charge in [0.25, 0.3) is 0 Å². The quantitative estimate of drug-likeness (QED) is 0.499. The number of rotatable bonds is 9. The van der Waals surface area contributed by atoms with Crippen molar-refractivity contribution in [2.24, 2.45) is 10.7 Å². The summed E-state index contributed by atoms with van der Waals surface area (Å²) in [6.45, 7) is 5.92. The van der Waals surface area contributed by atoms with Gasteiger partial charge in [-0.1, -0.05) is 19.9 Å². The summed E-state index contributed by atoms with van der Waals surface area (Å²) in [6.07, 6.45) is 4.42. The second-order valence-corrected chi connectivity index (χ2v) is 4.54. The van der Waals surface area contributed by atoms with Gasteiger partial charge in [0.05, 0.1) is 19.6 Å². The fraction of sp³-hybridized carbons (Fsp3) is 0.625. The lowest BCUT2D eigenvalue weighted by Crippen LogP contribution is -2.43. The van der Waals surface area contributed by atoms with Gasteiger partial charge in [-0.15, -0.1) is 0 Å². The second kappa shape index (κ2) is 15.7. The molecule has 0 saturated carbocycles. The smallest absolute Gasteiger partial charge is 0.241 e. The summed E-state index contributed by atoms with van der Waals surface area (Å²) in [7, 11) is 3.36. The highest BCUT2D eigenvalue weighted by atomic mass is 16.2. The molecule has 0 aliphatic rings. The zero-order valence-electron chi connectivity index (χ0n) is 15.4. The van der Waals surface area contributed by atoms with Crippen molar-refractivity contribution in [3.8, 4) is 0 Å². The summed E-state index contributed by atoms with van der Waals surface area (Å²) in [4.78, 5) is 39.8. The number of nitrogens with zero attached hydrogens (tertiary/aromatic N) is 2. The zero-order chi connectivity index (χ0) is 19.0. The first kappa shape index (κ1) is 24.0. The van der Waals surface area contributed by atoms with Gasteiger partial charge in [0.2, 0.25) is 17.7 Å². The Hall–Kier alpha value is -2.22. The van der Waals surface area contributed by atoms with Crippen LogP contribution >= 0.6 is 0 Å². The van der Waals surface area contributed by atoms with Crippen LogP contribution in [0, 0.1) is 0 Å². The van der Waals surface area contributed by atoms with Crippen molar-refractivity contribution in [1.82, 2.24) is 15.5 Å². The maximum Gasteiger partial charge on any atom is 0.241 e. The number of nitrogens with two attached hydrogens (primary N) is 1. The Bertz CT molecular complexity index is 447. The third-order valence-electron chi connectivity index (χ3n) is 2.84. The molecule has 0 heterocycles. The van der Waals surface area contributed by atoms with Gasteiger partial charge in [-0.25, -0.2) is 0 Å². The highest BCUT2D eigenvalue weighted by Gasteiger charge is 2.11. The lowest BCUT2D eigenvalue weighted by molar-refractivity contribution is -0.131. The van der Waals surface area contributed by atoms with E-state index in [1.54, 1.807) is 14.1 Å². The van der Waals surface area contributed by atoms with E-state index < -0.39 is 11.8 Å². The molecule has 3 amide bonds. The maximum absolute atomic E-state index is 11.8. The van der Waals surface area contributed by atoms with Crippen LogP contribution in [0.3, 0.4) is 0 Å². The average Bonchev–Trinajstić information content (AvgIpc) is 2.62. The number of carbonyl (C=O) groups is 3. The van der Waals surface area contributed by atoms with E-state index in [9.17, 15) is 14.4 Å². The largest absolute Gasteiger partial charge is 0.346 e. The molecule has 138 valence electrons. The van der Waals surface area contributed by atoms with Gasteiger partial charge < -0.3 is 21.3 Å². The van der Waals surface area contributed by atoms with Crippen molar-refractivity contribution in [2.45, 2.75) is 27.2 Å². The third kappa shape index (κ3) is 12.3. The maximum atomic E-state index is 11.8. The molecule has 0 aromatic rings. The minimum atomic E-state index is -0.437. The highest BCUT2D eigenvalue weighted by Crippen LogP contribution is 1.94. The Labute approximate surface area is 144 Å². The number of likely N-dealkylation sites (N-methyl/N-ethyl adjacent to an activating group) is 1. The van der Waals surface area contributed by atoms with Crippen LogP contribution in [0.15, 0.2) is 17.1 Å². The molecular weight excluding hydrogens is 310 g/mol. The number of aliphatic imine (C=N–C) groups is 1. The molecule has 24 heavy (non-hydrogen) atoms. The minimum absolute atomic E-state index is 0.115. The summed E-state index contributed by atoms with van der Waals surface area (Å²) in [6, 6.07) is 0. The molecule has 0 aromatic carbocycles. The van der Waals surface area contributed by atoms with Crippen LogP contribution in [0.4, 0.5) is 0 Å². The van der Waals surface area contributed by atoms with E-state index in [-0.39, 0.29) is 25.5 Å². The molecular formula is C16H31N5O3. The van der Waals surface area contributed by atoms with Crippen LogP contribution in [-0.4, -0.2) is 68.6 Å². The van der Waals surface area contributed by atoms with Crippen molar-refractivity contribution >= 4 is 23.4 Å². The van der Waals surface area contributed by atoms with E-state index >= 15 is 0 Å².